The van der Waals surface area contributed by atoms with Gasteiger partial charge in [0, 0.05) is 38.4 Å². The van der Waals surface area contributed by atoms with Crippen LogP contribution in [0.5, 0.6) is 0 Å². The van der Waals surface area contributed by atoms with E-state index in [0.29, 0.717) is 5.82 Å². The molecule has 0 bridgehead atoms. The van der Waals surface area contributed by atoms with E-state index in [1.807, 2.05) is 0 Å². The molecule has 0 saturated carbocycles. The molecule has 0 aliphatic heterocycles. The topological polar surface area (TPSA) is 38.7 Å². The van der Waals surface area contributed by atoms with E-state index in [4.69, 9.17) is 15.0 Å². The SMILES string of the molecule is c1cc(-c2cccc(-c3nc4ccccc4c4c3ccc3ccccc34)c2)cc(-c2cc(-c3ccc4ccccc4c3)nc(-c3ccc4ccccc4c3)n2)c1. The summed E-state index contributed by atoms with van der Waals surface area (Å²) in [6.07, 6.45) is 0. The van der Waals surface area contributed by atoms with Crippen LogP contribution in [0.2, 0.25) is 0 Å². The molecule has 3 heteroatoms. The van der Waals surface area contributed by atoms with Gasteiger partial charge in [0.15, 0.2) is 5.82 Å². The first-order valence-corrected chi connectivity index (χ1v) is 19.0. The number of para-hydroxylation sites is 1. The molecule has 260 valence electrons. The van der Waals surface area contributed by atoms with Gasteiger partial charge in [0.2, 0.25) is 0 Å². The lowest BCUT2D eigenvalue weighted by Gasteiger charge is -2.14. The molecule has 11 rings (SSSR count). The Morgan fingerprint density at radius 1 is 0.268 bits per heavy atom. The number of aromatic nitrogens is 3. The second-order valence-electron chi connectivity index (χ2n) is 14.4. The summed E-state index contributed by atoms with van der Waals surface area (Å²) in [6.45, 7) is 0. The molecule has 0 aliphatic carbocycles. The molecule has 0 N–H and O–H groups in total. The van der Waals surface area contributed by atoms with Crippen molar-refractivity contribution in [2.24, 2.45) is 0 Å². The molecule has 0 aliphatic rings. The molecule has 2 aromatic heterocycles. The van der Waals surface area contributed by atoms with Gasteiger partial charge in [0.1, 0.15) is 0 Å². The fourth-order valence-corrected chi connectivity index (χ4v) is 8.20. The predicted molar refractivity (Wildman–Crippen MR) is 235 cm³/mol. The summed E-state index contributed by atoms with van der Waals surface area (Å²) in [5.74, 6) is 0.700. The van der Waals surface area contributed by atoms with E-state index in [0.717, 1.165) is 66.8 Å². The number of rotatable bonds is 5. The normalized spacial score (nSPS) is 11.6. The fourth-order valence-electron chi connectivity index (χ4n) is 8.20. The number of fused-ring (bicyclic) bond motifs is 7. The molecule has 11 aromatic rings. The van der Waals surface area contributed by atoms with Crippen molar-refractivity contribution in [3.05, 3.63) is 200 Å². The summed E-state index contributed by atoms with van der Waals surface area (Å²) in [7, 11) is 0. The van der Waals surface area contributed by atoms with E-state index in [1.165, 1.54) is 37.7 Å². The Hall–Kier alpha value is -7.49. The minimum absolute atomic E-state index is 0.700. The maximum Gasteiger partial charge on any atom is 0.160 e. The summed E-state index contributed by atoms with van der Waals surface area (Å²) >= 11 is 0. The van der Waals surface area contributed by atoms with Gasteiger partial charge in [-0.05, 0) is 79.8 Å². The Kier molecular flexibility index (Phi) is 7.49. The predicted octanol–water partition coefficient (Wildman–Crippen LogP) is 14.0. The second-order valence-corrected chi connectivity index (χ2v) is 14.4. The van der Waals surface area contributed by atoms with Crippen LogP contribution < -0.4 is 0 Å². The Balaban J connectivity index is 1.05. The molecular weight excluding hydrogens is 679 g/mol. The van der Waals surface area contributed by atoms with Gasteiger partial charge < -0.3 is 0 Å². The third-order valence-electron chi connectivity index (χ3n) is 11.0. The Bertz CT molecular complexity index is 3210. The smallest absolute Gasteiger partial charge is 0.160 e. The summed E-state index contributed by atoms with van der Waals surface area (Å²) in [4.78, 5) is 15.7. The highest BCUT2D eigenvalue weighted by Crippen LogP contribution is 2.39. The minimum Gasteiger partial charge on any atom is -0.247 e. The zero-order valence-electron chi connectivity index (χ0n) is 30.4. The molecule has 9 aromatic carbocycles. The summed E-state index contributed by atoms with van der Waals surface area (Å²) < 4.78 is 0. The average molecular weight is 712 g/mol. The number of pyridine rings is 1. The molecular formula is C53H33N3. The highest BCUT2D eigenvalue weighted by Gasteiger charge is 2.16. The van der Waals surface area contributed by atoms with E-state index in [9.17, 15) is 0 Å². The van der Waals surface area contributed by atoms with Crippen LogP contribution in [-0.4, -0.2) is 15.0 Å². The van der Waals surface area contributed by atoms with Crippen molar-refractivity contribution in [2.75, 3.05) is 0 Å². The van der Waals surface area contributed by atoms with E-state index < -0.39 is 0 Å². The third-order valence-corrected chi connectivity index (χ3v) is 11.0. The van der Waals surface area contributed by atoms with Crippen LogP contribution in [0.25, 0.3) is 110 Å². The minimum atomic E-state index is 0.700. The number of nitrogens with zero attached hydrogens (tertiary/aromatic N) is 3. The van der Waals surface area contributed by atoms with E-state index >= 15 is 0 Å². The monoisotopic (exact) mass is 711 g/mol. The van der Waals surface area contributed by atoms with Gasteiger partial charge in [-0.2, -0.15) is 0 Å². The molecule has 0 radical (unpaired) electrons. The van der Waals surface area contributed by atoms with Crippen molar-refractivity contribution < 1.29 is 0 Å². The highest BCUT2D eigenvalue weighted by molar-refractivity contribution is 6.22. The molecule has 0 amide bonds. The first-order valence-electron chi connectivity index (χ1n) is 19.0. The van der Waals surface area contributed by atoms with Crippen LogP contribution in [0.3, 0.4) is 0 Å². The van der Waals surface area contributed by atoms with Crippen molar-refractivity contribution in [1.82, 2.24) is 15.0 Å². The quantitative estimate of drug-likeness (QED) is 0.167. The lowest BCUT2D eigenvalue weighted by molar-refractivity contribution is 1.18. The zero-order valence-corrected chi connectivity index (χ0v) is 30.4. The van der Waals surface area contributed by atoms with Gasteiger partial charge in [-0.25, -0.2) is 15.0 Å². The van der Waals surface area contributed by atoms with E-state index in [1.54, 1.807) is 0 Å². The Morgan fingerprint density at radius 3 is 1.52 bits per heavy atom. The third kappa shape index (κ3) is 5.57. The number of hydrogen-bond acceptors (Lipinski definition) is 3. The highest BCUT2D eigenvalue weighted by atomic mass is 14.9. The van der Waals surface area contributed by atoms with Crippen molar-refractivity contribution in [2.45, 2.75) is 0 Å². The molecule has 3 nitrogen and oxygen atoms in total. The Labute approximate surface area is 324 Å². The van der Waals surface area contributed by atoms with E-state index in [-0.39, 0.29) is 0 Å². The van der Waals surface area contributed by atoms with Crippen LogP contribution in [0.15, 0.2) is 200 Å². The molecule has 0 fully saturated rings. The second kappa shape index (κ2) is 13.1. The summed E-state index contributed by atoms with van der Waals surface area (Å²) in [5.41, 5.74) is 10.1. The van der Waals surface area contributed by atoms with Crippen molar-refractivity contribution in [3.63, 3.8) is 0 Å². The average Bonchev–Trinajstić information content (AvgIpc) is 3.28. The van der Waals surface area contributed by atoms with Crippen LogP contribution in [0.4, 0.5) is 0 Å². The molecule has 0 atom stereocenters. The van der Waals surface area contributed by atoms with Gasteiger partial charge in [-0.3, -0.25) is 0 Å². The van der Waals surface area contributed by atoms with Gasteiger partial charge in [-0.15, -0.1) is 0 Å². The van der Waals surface area contributed by atoms with Crippen molar-refractivity contribution in [1.29, 1.82) is 0 Å². The molecule has 0 saturated heterocycles. The van der Waals surface area contributed by atoms with Crippen LogP contribution >= 0.6 is 0 Å². The first-order chi connectivity index (χ1) is 27.7. The maximum atomic E-state index is 5.28. The van der Waals surface area contributed by atoms with Gasteiger partial charge in [-0.1, -0.05) is 164 Å². The Morgan fingerprint density at radius 2 is 0.786 bits per heavy atom. The van der Waals surface area contributed by atoms with Crippen LogP contribution in [0.1, 0.15) is 0 Å². The molecule has 0 spiro atoms. The molecule has 56 heavy (non-hydrogen) atoms. The summed E-state index contributed by atoms with van der Waals surface area (Å²) in [6, 6.07) is 71.1. The molecule has 2 heterocycles. The number of benzene rings is 9. The standard InChI is InChI=1S/C53H33N3/c1-3-14-37-29-42(25-23-34(37)11-1)50-33-49(55-53(56-50)44-26-24-35-12-2-4-15-38(35)32-44)41-18-9-16-39(30-41)40-17-10-19-43(31-40)52-47-28-27-36-13-5-6-20-45(36)51(47)46-21-7-8-22-48(46)54-52/h1-33H. The van der Waals surface area contributed by atoms with Crippen LogP contribution in [0, 0.1) is 0 Å². The van der Waals surface area contributed by atoms with E-state index in [2.05, 4.69) is 200 Å². The van der Waals surface area contributed by atoms with Crippen LogP contribution in [-0.2, 0) is 0 Å². The van der Waals surface area contributed by atoms with Gasteiger partial charge in [0.25, 0.3) is 0 Å². The molecule has 0 unspecified atom stereocenters. The number of hydrogen-bond donors (Lipinski definition) is 0. The zero-order chi connectivity index (χ0) is 37.0. The first kappa shape index (κ1) is 32.0. The van der Waals surface area contributed by atoms with Gasteiger partial charge >= 0.3 is 0 Å². The van der Waals surface area contributed by atoms with Gasteiger partial charge in [0.05, 0.1) is 22.6 Å². The maximum absolute atomic E-state index is 5.28. The van der Waals surface area contributed by atoms with Crippen molar-refractivity contribution in [3.8, 4) is 56.3 Å². The fraction of sp³-hybridized carbons (Fsp3) is 0. The lowest BCUT2D eigenvalue weighted by Crippen LogP contribution is -1.96. The largest absolute Gasteiger partial charge is 0.247 e. The lowest BCUT2D eigenvalue weighted by atomic mass is 9.93. The van der Waals surface area contributed by atoms with Crippen molar-refractivity contribution >= 4 is 54.0 Å². The summed E-state index contributed by atoms with van der Waals surface area (Å²) in [5, 5.41) is 10.8.